The van der Waals surface area contributed by atoms with Crippen LogP contribution in [0.15, 0.2) is 18.3 Å². The van der Waals surface area contributed by atoms with Gasteiger partial charge >= 0.3 is 172 Å². The van der Waals surface area contributed by atoms with Crippen molar-refractivity contribution in [2.45, 2.75) is 79.0 Å². The van der Waals surface area contributed by atoms with Gasteiger partial charge in [0.2, 0.25) is 0 Å². The molecule has 0 spiro atoms. The van der Waals surface area contributed by atoms with E-state index in [9.17, 15) is 0 Å². The van der Waals surface area contributed by atoms with Crippen LogP contribution in [0.1, 0.15) is 64.9 Å². The van der Waals surface area contributed by atoms with Crippen molar-refractivity contribution in [2.24, 2.45) is 0 Å². The summed E-state index contributed by atoms with van der Waals surface area (Å²) < 4.78 is 11.5. The van der Waals surface area contributed by atoms with Crippen molar-refractivity contribution < 1.29 is 4.74 Å². The number of nitrogens with zero attached hydrogens (tertiary/aromatic N) is 2. The Labute approximate surface area is 172 Å². The van der Waals surface area contributed by atoms with Crippen molar-refractivity contribution in [3.63, 3.8) is 0 Å². The first-order valence-electron chi connectivity index (χ1n) is 11.5. The van der Waals surface area contributed by atoms with Gasteiger partial charge < -0.3 is 0 Å². The van der Waals surface area contributed by atoms with Gasteiger partial charge in [-0.25, -0.2) is 0 Å². The summed E-state index contributed by atoms with van der Waals surface area (Å²) in [5, 5.41) is 0. The maximum atomic E-state index is 5.45. The van der Waals surface area contributed by atoms with Gasteiger partial charge in [0.25, 0.3) is 0 Å². The summed E-state index contributed by atoms with van der Waals surface area (Å²) in [5.74, 6) is 0. The van der Waals surface area contributed by atoms with Crippen LogP contribution in [0, 0.1) is 0 Å². The second-order valence-electron chi connectivity index (χ2n) is 8.35. The number of rotatable bonds is 13. The van der Waals surface area contributed by atoms with E-state index in [1.165, 1.54) is 57.4 Å². The van der Waals surface area contributed by atoms with Crippen LogP contribution >= 0.6 is 0 Å². The minimum absolute atomic E-state index is 0.889. The number of aromatic nitrogens is 1. The van der Waals surface area contributed by atoms with Gasteiger partial charge in [-0.05, 0) is 0 Å². The van der Waals surface area contributed by atoms with Gasteiger partial charge in [0.1, 0.15) is 0 Å². The molecule has 3 nitrogen and oxygen atoms in total. The van der Waals surface area contributed by atoms with E-state index in [4.69, 9.17) is 9.72 Å². The summed E-state index contributed by atoms with van der Waals surface area (Å²) in [7, 11) is 0. The molecular weight excluding hydrogens is 439 g/mol. The molecule has 1 aromatic heterocycles. The van der Waals surface area contributed by atoms with Gasteiger partial charge in [-0.2, -0.15) is 0 Å². The molecule has 0 bridgehead atoms. The number of morpholine rings is 1. The number of hydrogen-bond acceptors (Lipinski definition) is 3. The molecule has 1 fully saturated rings. The number of ether oxygens (including phenoxy) is 1. The van der Waals surface area contributed by atoms with Gasteiger partial charge in [0.15, 0.2) is 0 Å². The summed E-state index contributed by atoms with van der Waals surface area (Å²) in [4.78, 5) is 7.64. The van der Waals surface area contributed by atoms with E-state index >= 15 is 0 Å². The zero-order valence-electron chi connectivity index (χ0n) is 18.1. The molecule has 1 aromatic rings. The van der Waals surface area contributed by atoms with Crippen molar-refractivity contribution in [3.8, 4) is 0 Å². The number of hydrogen-bond donors (Lipinski definition) is 0. The van der Waals surface area contributed by atoms with Crippen LogP contribution in [-0.2, 0) is 11.2 Å². The molecule has 0 N–H and O–H groups in total. The first-order chi connectivity index (χ1) is 13.2. The third-order valence-corrected chi connectivity index (χ3v) is 21.4. The third-order valence-electron chi connectivity index (χ3n) is 6.22. The van der Waals surface area contributed by atoms with Crippen LogP contribution in [0.3, 0.4) is 0 Å². The summed E-state index contributed by atoms with van der Waals surface area (Å²) >= 11 is -2.35. The number of unbranched alkanes of at least 4 members (excludes halogenated alkanes) is 3. The summed E-state index contributed by atoms with van der Waals surface area (Å²) in [6, 6.07) is 4.85. The Morgan fingerprint density at radius 1 is 0.926 bits per heavy atom. The number of pyridine rings is 1. The topological polar surface area (TPSA) is 25.4 Å². The van der Waals surface area contributed by atoms with E-state index in [1.54, 1.807) is 3.71 Å². The normalized spacial score (nSPS) is 16.0. The Hall–Kier alpha value is -0.131. The monoisotopic (exact) mass is 482 g/mol. The van der Waals surface area contributed by atoms with E-state index in [-0.39, 0.29) is 0 Å². The molecular formula is C23H42N2OSn. The molecule has 2 heterocycles. The Morgan fingerprint density at radius 3 is 2.00 bits per heavy atom. The van der Waals surface area contributed by atoms with Gasteiger partial charge in [-0.15, -0.1) is 0 Å². The van der Waals surface area contributed by atoms with E-state index in [2.05, 4.69) is 44.0 Å². The van der Waals surface area contributed by atoms with Crippen molar-refractivity contribution in [2.75, 3.05) is 32.8 Å². The predicted molar refractivity (Wildman–Crippen MR) is 120 cm³/mol. The van der Waals surface area contributed by atoms with E-state index < -0.39 is 18.4 Å². The minimum atomic E-state index is -2.35. The van der Waals surface area contributed by atoms with Crippen molar-refractivity contribution >= 4 is 22.1 Å². The molecule has 0 unspecified atom stereocenters. The fourth-order valence-corrected chi connectivity index (χ4v) is 19.7. The quantitative estimate of drug-likeness (QED) is 0.371. The van der Waals surface area contributed by atoms with Crippen LogP contribution in [0.25, 0.3) is 0 Å². The second-order valence-corrected chi connectivity index (χ2v) is 21.4. The average Bonchev–Trinajstić information content (AvgIpc) is 2.73. The molecule has 0 radical (unpaired) electrons. The van der Waals surface area contributed by atoms with Crippen molar-refractivity contribution in [3.05, 3.63) is 23.9 Å². The van der Waals surface area contributed by atoms with Gasteiger partial charge in [0.05, 0.1) is 0 Å². The third kappa shape index (κ3) is 7.66. The fourth-order valence-electron chi connectivity index (χ4n) is 4.30. The Kier molecular flexibility index (Phi) is 11.3. The molecule has 1 saturated heterocycles. The Bertz CT molecular complexity index is 478. The molecule has 0 atom stereocenters. The molecule has 1 aliphatic heterocycles. The molecule has 1 aliphatic rings. The summed E-state index contributed by atoms with van der Waals surface area (Å²) in [6.45, 7) is 12.1. The SMILES string of the molecule is CCC[CH2][Sn]([CH2]CCC)([CH2]CCC)[c]1ccc(CCN2CCOCC2)cn1. The van der Waals surface area contributed by atoms with Crippen LogP contribution in [0.2, 0.25) is 13.3 Å². The summed E-state index contributed by atoms with van der Waals surface area (Å²) in [5.41, 5.74) is 1.41. The summed E-state index contributed by atoms with van der Waals surface area (Å²) in [6.07, 6.45) is 11.5. The average molecular weight is 481 g/mol. The van der Waals surface area contributed by atoms with Crippen molar-refractivity contribution in [1.82, 2.24) is 9.88 Å². The van der Waals surface area contributed by atoms with Crippen LogP contribution in [0.5, 0.6) is 0 Å². The first kappa shape index (κ1) is 23.2. The maximum absolute atomic E-state index is 5.45. The zero-order chi connectivity index (χ0) is 19.4. The molecule has 0 saturated carbocycles. The molecule has 2 rings (SSSR count). The Morgan fingerprint density at radius 2 is 1.52 bits per heavy atom. The fraction of sp³-hybridized carbons (Fsp3) is 0.783. The molecule has 154 valence electrons. The molecule has 0 aromatic carbocycles. The van der Waals surface area contributed by atoms with E-state index in [1.807, 2.05) is 0 Å². The van der Waals surface area contributed by atoms with E-state index in [0.717, 1.165) is 39.3 Å². The molecule has 0 aliphatic carbocycles. The van der Waals surface area contributed by atoms with Crippen LogP contribution in [0.4, 0.5) is 0 Å². The Balaban J connectivity index is 2.05. The van der Waals surface area contributed by atoms with Gasteiger partial charge in [-0.1, -0.05) is 0 Å². The van der Waals surface area contributed by atoms with Crippen molar-refractivity contribution in [1.29, 1.82) is 0 Å². The van der Waals surface area contributed by atoms with Gasteiger partial charge in [-0.3, -0.25) is 0 Å². The van der Waals surface area contributed by atoms with Crippen LogP contribution < -0.4 is 3.71 Å². The zero-order valence-corrected chi connectivity index (χ0v) is 21.0. The van der Waals surface area contributed by atoms with Gasteiger partial charge in [0, 0.05) is 0 Å². The predicted octanol–water partition coefficient (Wildman–Crippen LogP) is 5.01. The standard InChI is InChI=1S/C11H15N2O.3C4H9.Sn/c1-2-11(10-12-4-1)3-5-13-6-8-14-9-7-13;3*1-3-4-2;/h1-2,10H,3,5-9H2;3*1,3-4H2,2H3;. The second kappa shape index (κ2) is 13.2. The van der Waals surface area contributed by atoms with Crippen LogP contribution in [-0.4, -0.2) is 61.1 Å². The van der Waals surface area contributed by atoms with E-state index in [0.29, 0.717) is 0 Å². The molecule has 0 amide bonds. The molecule has 27 heavy (non-hydrogen) atoms. The first-order valence-corrected chi connectivity index (χ1v) is 19.0. The molecule has 4 heteroatoms.